The highest BCUT2D eigenvalue weighted by Crippen LogP contribution is 2.25. The Balaban J connectivity index is 1.42. The summed E-state index contributed by atoms with van der Waals surface area (Å²) in [4.78, 5) is 65.3. The largest absolute Gasteiger partial charge is 0.282 e. The van der Waals surface area contributed by atoms with Crippen LogP contribution in [0.5, 0.6) is 0 Å². The Morgan fingerprint density at radius 3 is 2.20 bits per heavy atom. The molecule has 1 atom stereocenters. The number of halogens is 1. The molecule has 1 aliphatic rings. The quantitative estimate of drug-likeness (QED) is 0.101. The predicted molar refractivity (Wildman–Crippen MR) is 165 cm³/mol. The van der Waals surface area contributed by atoms with Gasteiger partial charge in [0.15, 0.2) is 6.04 Å². The lowest BCUT2D eigenvalue weighted by molar-refractivity contribution is -0.384. The standard InChI is InChI=1S/C32H23ClN6O6/c1-20-7-15-25(16-8-20)37(31(42)22-9-11-23(33)12-10-22)27(40)19-28(41)38-32(43)30(29(36-38)21-5-3-2-4-6-21)35-34-24-13-17-26(18-14-24)39(44)45/h2-18,30H,19H2,1H3/t30-/m1/s1. The number of nitro groups is 1. The first-order valence-electron chi connectivity index (χ1n) is 13.5. The van der Waals surface area contributed by atoms with Gasteiger partial charge in [-0.25, -0.2) is 4.90 Å². The Labute approximate surface area is 261 Å². The van der Waals surface area contributed by atoms with Gasteiger partial charge in [0.2, 0.25) is 5.91 Å². The Hall–Kier alpha value is -5.88. The van der Waals surface area contributed by atoms with E-state index in [0.717, 1.165) is 10.5 Å². The Morgan fingerprint density at radius 1 is 0.933 bits per heavy atom. The molecular formula is C32H23ClN6O6. The molecule has 0 bridgehead atoms. The Bertz CT molecular complexity index is 1840. The van der Waals surface area contributed by atoms with E-state index in [-0.39, 0.29) is 28.3 Å². The number of carbonyl (C=O) groups excluding carboxylic acids is 4. The highest BCUT2D eigenvalue weighted by atomic mass is 35.5. The van der Waals surface area contributed by atoms with Gasteiger partial charge in [0.25, 0.3) is 23.4 Å². The average molecular weight is 623 g/mol. The lowest BCUT2D eigenvalue weighted by Crippen LogP contribution is -2.41. The molecule has 45 heavy (non-hydrogen) atoms. The second-order valence-corrected chi connectivity index (χ2v) is 10.3. The molecule has 1 heterocycles. The fraction of sp³-hybridized carbons (Fsp3) is 0.0938. The van der Waals surface area contributed by atoms with E-state index >= 15 is 0 Å². The summed E-state index contributed by atoms with van der Waals surface area (Å²) in [5.41, 5.74) is 1.96. The number of hydrazone groups is 1. The van der Waals surface area contributed by atoms with E-state index in [1.807, 2.05) is 6.92 Å². The van der Waals surface area contributed by atoms with Gasteiger partial charge < -0.3 is 0 Å². The first kappa shape index (κ1) is 30.6. The van der Waals surface area contributed by atoms with Crippen molar-refractivity contribution in [1.82, 2.24) is 5.01 Å². The van der Waals surface area contributed by atoms with Crippen LogP contribution in [0.25, 0.3) is 0 Å². The zero-order valence-corrected chi connectivity index (χ0v) is 24.4. The van der Waals surface area contributed by atoms with Crippen LogP contribution in [0.15, 0.2) is 118 Å². The average Bonchev–Trinajstić information content (AvgIpc) is 3.37. The molecule has 4 aromatic rings. The summed E-state index contributed by atoms with van der Waals surface area (Å²) in [6.45, 7) is 1.84. The number of amides is 4. The van der Waals surface area contributed by atoms with Crippen LogP contribution >= 0.6 is 11.6 Å². The molecule has 0 saturated carbocycles. The molecule has 0 spiro atoms. The van der Waals surface area contributed by atoms with Crippen LogP contribution in [0.2, 0.25) is 5.02 Å². The van der Waals surface area contributed by atoms with Gasteiger partial charge in [0.1, 0.15) is 12.1 Å². The molecule has 0 radical (unpaired) electrons. The number of benzene rings is 4. The number of anilines is 1. The van der Waals surface area contributed by atoms with Crippen LogP contribution in [0.3, 0.4) is 0 Å². The molecule has 12 nitrogen and oxygen atoms in total. The number of aryl methyl sites for hydroxylation is 1. The van der Waals surface area contributed by atoms with Gasteiger partial charge in [-0.15, -0.1) is 0 Å². The minimum absolute atomic E-state index is 0.111. The topological polar surface area (TPSA) is 155 Å². The van der Waals surface area contributed by atoms with Crippen molar-refractivity contribution < 1.29 is 24.1 Å². The minimum atomic E-state index is -1.34. The van der Waals surface area contributed by atoms with Crippen molar-refractivity contribution in [3.8, 4) is 0 Å². The number of hydrogen-bond acceptors (Lipinski definition) is 9. The van der Waals surface area contributed by atoms with Crippen LogP contribution in [0, 0.1) is 17.0 Å². The molecule has 224 valence electrons. The van der Waals surface area contributed by atoms with Gasteiger partial charge in [-0.3, -0.25) is 29.3 Å². The molecule has 0 aromatic heterocycles. The van der Waals surface area contributed by atoms with Crippen molar-refractivity contribution in [2.75, 3.05) is 4.90 Å². The molecule has 0 N–H and O–H groups in total. The van der Waals surface area contributed by atoms with Crippen LogP contribution in [0.4, 0.5) is 17.1 Å². The number of non-ortho nitro benzene ring substituents is 1. The van der Waals surface area contributed by atoms with Crippen molar-refractivity contribution in [2.45, 2.75) is 19.4 Å². The Morgan fingerprint density at radius 2 is 1.58 bits per heavy atom. The number of rotatable bonds is 8. The number of nitro benzene ring substituents is 1. The number of imide groups is 2. The molecule has 0 aliphatic carbocycles. The minimum Gasteiger partial charge on any atom is -0.273 e. The summed E-state index contributed by atoms with van der Waals surface area (Å²) < 4.78 is 0. The molecular weight excluding hydrogens is 600 g/mol. The molecule has 0 fully saturated rings. The Kier molecular flexibility index (Phi) is 8.96. The zero-order valence-electron chi connectivity index (χ0n) is 23.6. The monoisotopic (exact) mass is 622 g/mol. The van der Waals surface area contributed by atoms with Crippen molar-refractivity contribution >= 4 is 58.0 Å². The second kappa shape index (κ2) is 13.2. The molecule has 5 rings (SSSR count). The number of carbonyl (C=O) groups is 4. The van der Waals surface area contributed by atoms with Gasteiger partial charge in [0, 0.05) is 28.3 Å². The maximum Gasteiger partial charge on any atom is 0.282 e. The summed E-state index contributed by atoms with van der Waals surface area (Å²) in [6.07, 6.45) is -0.864. The number of hydrogen-bond donors (Lipinski definition) is 0. The van der Waals surface area contributed by atoms with Crippen LogP contribution in [0.1, 0.15) is 27.9 Å². The first-order chi connectivity index (χ1) is 21.6. The summed E-state index contributed by atoms with van der Waals surface area (Å²) in [5.74, 6) is -3.41. The summed E-state index contributed by atoms with van der Waals surface area (Å²) in [5, 5.41) is 24.3. The third-order valence-electron chi connectivity index (χ3n) is 6.70. The maximum atomic E-state index is 13.6. The summed E-state index contributed by atoms with van der Waals surface area (Å²) >= 11 is 5.97. The summed E-state index contributed by atoms with van der Waals surface area (Å²) in [6, 6.07) is 24.9. The van der Waals surface area contributed by atoms with Crippen LogP contribution in [-0.2, 0) is 14.4 Å². The van der Waals surface area contributed by atoms with Gasteiger partial charge in [-0.1, -0.05) is 59.6 Å². The van der Waals surface area contributed by atoms with Crippen molar-refractivity contribution in [3.63, 3.8) is 0 Å². The van der Waals surface area contributed by atoms with Crippen molar-refractivity contribution in [2.24, 2.45) is 15.3 Å². The van der Waals surface area contributed by atoms with Gasteiger partial charge >= 0.3 is 0 Å². The van der Waals surface area contributed by atoms with Gasteiger partial charge in [-0.05, 0) is 55.5 Å². The fourth-order valence-electron chi connectivity index (χ4n) is 4.39. The van der Waals surface area contributed by atoms with E-state index < -0.39 is 41.0 Å². The number of azo groups is 1. The van der Waals surface area contributed by atoms with E-state index in [4.69, 9.17) is 11.6 Å². The summed E-state index contributed by atoms with van der Waals surface area (Å²) in [7, 11) is 0. The highest BCUT2D eigenvalue weighted by molar-refractivity contribution is 6.31. The third kappa shape index (κ3) is 6.86. The van der Waals surface area contributed by atoms with Crippen molar-refractivity contribution in [1.29, 1.82) is 0 Å². The van der Waals surface area contributed by atoms with Crippen molar-refractivity contribution in [3.05, 3.63) is 135 Å². The first-order valence-corrected chi connectivity index (χ1v) is 13.9. The lowest BCUT2D eigenvalue weighted by atomic mass is 10.0. The maximum absolute atomic E-state index is 13.6. The van der Waals surface area contributed by atoms with E-state index in [1.165, 1.54) is 48.5 Å². The molecule has 4 aromatic carbocycles. The number of nitrogens with zero attached hydrogens (tertiary/aromatic N) is 6. The van der Waals surface area contributed by atoms with Crippen LogP contribution < -0.4 is 4.90 Å². The van der Waals surface area contributed by atoms with Gasteiger partial charge in [-0.2, -0.15) is 20.3 Å². The van der Waals surface area contributed by atoms with E-state index in [0.29, 0.717) is 15.6 Å². The van der Waals surface area contributed by atoms with E-state index in [1.54, 1.807) is 54.6 Å². The highest BCUT2D eigenvalue weighted by Gasteiger charge is 2.41. The van der Waals surface area contributed by atoms with Gasteiger partial charge in [0.05, 0.1) is 16.3 Å². The van der Waals surface area contributed by atoms with E-state index in [2.05, 4.69) is 15.3 Å². The molecule has 4 amide bonds. The second-order valence-electron chi connectivity index (χ2n) is 9.84. The third-order valence-corrected chi connectivity index (χ3v) is 6.95. The normalized spacial score (nSPS) is 14.4. The smallest absolute Gasteiger partial charge is 0.273 e. The van der Waals surface area contributed by atoms with Crippen LogP contribution in [-0.4, -0.2) is 45.3 Å². The van der Waals surface area contributed by atoms with E-state index in [9.17, 15) is 29.3 Å². The molecule has 1 aliphatic heterocycles. The molecule has 0 unspecified atom stereocenters. The molecule has 13 heteroatoms. The predicted octanol–water partition coefficient (Wildman–Crippen LogP) is 6.05. The fourth-order valence-corrected chi connectivity index (χ4v) is 4.52. The SMILES string of the molecule is Cc1ccc(N(C(=O)CC(=O)N2N=C(c3ccccc3)[C@@H](N=Nc3ccc([N+](=O)[O-])cc3)C2=O)C(=O)c2ccc(Cl)cc2)cc1. The lowest BCUT2D eigenvalue weighted by Gasteiger charge is -2.22. The molecule has 0 saturated heterocycles. The zero-order chi connectivity index (χ0) is 32.1.